The summed E-state index contributed by atoms with van der Waals surface area (Å²) in [4.78, 5) is 15.9. The van der Waals surface area contributed by atoms with E-state index in [4.69, 9.17) is 0 Å². The zero-order valence-electron chi connectivity index (χ0n) is 7.60. The van der Waals surface area contributed by atoms with E-state index < -0.39 is 4.92 Å². The first-order valence-corrected chi connectivity index (χ1v) is 3.83. The second-order valence-electron chi connectivity index (χ2n) is 3.00. The molecule has 13 heavy (non-hydrogen) atoms. The molecule has 1 heterocycles. The second kappa shape index (κ2) is 3.95. The average Bonchev–Trinajstić information content (AvgIpc) is 2.03. The summed E-state index contributed by atoms with van der Waals surface area (Å²) in [6, 6.07) is 2.87. The van der Waals surface area contributed by atoms with E-state index in [2.05, 4.69) is 4.98 Å². The van der Waals surface area contributed by atoms with Gasteiger partial charge in [-0.1, -0.05) is 0 Å². The quantitative estimate of drug-likeness (QED) is 0.516. The Morgan fingerprint density at radius 1 is 1.62 bits per heavy atom. The molecule has 0 aliphatic rings. The van der Waals surface area contributed by atoms with Crippen LogP contribution in [0.2, 0.25) is 0 Å². The molecule has 5 heteroatoms. The van der Waals surface area contributed by atoms with Crippen molar-refractivity contribution in [2.75, 3.05) is 14.1 Å². The zero-order valence-corrected chi connectivity index (χ0v) is 7.60. The predicted molar refractivity (Wildman–Crippen MR) is 48.3 cm³/mol. The maximum Gasteiger partial charge on any atom is 0.272 e. The van der Waals surface area contributed by atoms with Crippen molar-refractivity contribution in [3.63, 3.8) is 0 Å². The van der Waals surface area contributed by atoms with Gasteiger partial charge >= 0.3 is 0 Å². The van der Waals surface area contributed by atoms with E-state index in [1.807, 2.05) is 19.0 Å². The third-order valence-corrected chi connectivity index (χ3v) is 1.49. The van der Waals surface area contributed by atoms with Crippen LogP contribution in [0, 0.1) is 10.1 Å². The number of nitrogens with zero attached hydrogens (tertiary/aromatic N) is 3. The van der Waals surface area contributed by atoms with Crippen molar-refractivity contribution in [2.45, 2.75) is 6.54 Å². The van der Waals surface area contributed by atoms with Crippen LogP contribution in [-0.2, 0) is 6.54 Å². The van der Waals surface area contributed by atoms with Crippen LogP contribution in [0.25, 0.3) is 0 Å². The van der Waals surface area contributed by atoms with Gasteiger partial charge < -0.3 is 4.90 Å². The molecule has 0 amide bonds. The maximum atomic E-state index is 10.4. The molecule has 0 N–H and O–H groups in total. The molecule has 0 saturated heterocycles. The lowest BCUT2D eigenvalue weighted by atomic mass is 10.3. The van der Waals surface area contributed by atoms with Gasteiger partial charge in [0.05, 0.1) is 10.6 Å². The Labute approximate surface area is 76.2 Å². The highest BCUT2D eigenvalue weighted by Crippen LogP contribution is 2.11. The molecule has 0 aromatic carbocycles. The third kappa shape index (κ3) is 2.79. The molecule has 0 saturated carbocycles. The summed E-state index contributed by atoms with van der Waals surface area (Å²) in [6.45, 7) is 0.613. The van der Waals surface area contributed by atoms with Crippen LogP contribution in [0.4, 0.5) is 5.69 Å². The second-order valence-corrected chi connectivity index (χ2v) is 3.00. The van der Waals surface area contributed by atoms with Gasteiger partial charge in [0.15, 0.2) is 0 Å². The Balaban J connectivity index is 2.85. The number of nitro groups is 1. The molecule has 0 aliphatic heterocycles. The number of aromatic nitrogens is 1. The number of rotatable bonds is 3. The molecule has 1 aromatic rings. The minimum absolute atomic E-state index is 0.0897. The van der Waals surface area contributed by atoms with Crippen LogP contribution < -0.4 is 0 Å². The molecule has 0 radical (unpaired) electrons. The first-order valence-electron chi connectivity index (χ1n) is 3.83. The van der Waals surface area contributed by atoms with Gasteiger partial charge in [-0.2, -0.15) is 0 Å². The van der Waals surface area contributed by atoms with Crippen molar-refractivity contribution in [3.05, 3.63) is 34.1 Å². The standard InChI is InChI=1S/C8H11N3O2/c1-10(2)6-7-5-8(11(12)13)3-4-9-7/h3-5H,6H2,1-2H3. The largest absolute Gasteiger partial charge is 0.304 e. The van der Waals surface area contributed by atoms with E-state index in [1.54, 1.807) is 0 Å². The predicted octanol–water partition coefficient (Wildman–Crippen LogP) is 1.05. The highest BCUT2D eigenvalue weighted by Gasteiger charge is 2.06. The van der Waals surface area contributed by atoms with E-state index in [-0.39, 0.29) is 5.69 Å². The first kappa shape index (κ1) is 9.60. The van der Waals surface area contributed by atoms with Crippen molar-refractivity contribution in [1.82, 2.24) is 9.88 Å². The Kier molecular flexibility index (Phi) is 2.92. The summed E-state index contributed by atoms with van der Waals surface area (Å²) in [5.74, 6) is 0. The van der Waals surface area contributed by atoms with Crippen molar-refractivity contribution < 1.29 is 4.92 Å². The van der Waals surface area contributed by atoms with E-state index in [0.717, 1.165) is 0 Å². The van der Waals surface area contributed by atoms with Crippen LogP contribution in [0.15, 0.2) is 18.3 Å². The zero-order chi connectivity index (χ0) is 9.84. The Bertz CT molecular complexity index is 312. The molecule has 0 spiro atoms. The average molecular weight is 181 g/mol. The van der Waals surface area contributed by atoms with Gasteiger partial charge in [0.1, 0.15) is 0 Å². The topological polar surface area (TPSA) is 59.3 Å². The van der Waals surface area contributed by atoms with E-state index in [9.17, 15) is 10.1 Å². The minimum Gasteiger partial charge on any atom is -0.304 e. The fourth-order valence-corrected chi connectivity index (χ4v) is 0.989. The lowest BCUT2D eigenvalue weighted by Gasteiger charge is -2.07. The Morgan fingerprint density at radius 2 is 2.31 bits per heavy atom. The molecule has 0 aliphatic carbocycles. The molecule has 70 valence electrons. The Hall–Kier alpha value is -1.49. The molecule has 0 fully saturated rings. The SMILES string of the molecule is CN(C)Cc1cc([N+](=O)[O-])ccn1. The molecule has 0 bridgehead atoms. The fraction of sp³-hybridized carbons (Fsp3) is 0.375. The fourth-order valence-electron chi connectivity index (χ4n) is 0.989. The molecular formula is C8H11N3O2. The monoisotopic (exact) mass is 181 g/mol. The normalized spacial score (nSPS) is 10.4. The molecule has 0 atom stereocenters. The number of hydrogen-bond donors (Lipinski definition) is 0. The summed E-state index contributed by atoms with van der Waals surface area (Å²) < 4.78 is 0. The van der Waals surface area contributed by atoms with Gasteiger partial charge in [-0.25, -0.2) is 0 Å². The minimum atomic E-state index is -0.416. The van der Waals surface area contributed by atoms with Crippen LogP contribution in [-0.4, -0.2) is 28.9 Å². The maximum absolute atomic E-state index is 10.4. The van der Waals surface area contributed by atoms with E-state index in [0.29, 0.717) is 12.2 Å². The van der Waals surface area contributed by atoms with Gasteiger partial charge in [0.25, 0.3) is 5.69 Å². The summed E-state index contributed by atoms with van der Waals surface area (Å²) in [7, 11) is 3.78. The van der Waals surface area contributed by atoms with Crippen molar-refractivity contribution in [3.8, 4) is 0 Å². The van der Waals surface area contributed by atoms with Gasteiger partial charge in [0, 0.05) is 24.9 Å². The highest BCUT2D eigenvalue weighted by molar-refractivity contribution is 5.29. The lowest BCUT2D eigenvalue weighted by molar-refractivity contribution is -0.385. The highest BCUT2D eigenvalue weighted by atomic mass is 16.6. The van der Waals surface area contributed by atoms with Crippen molar-refractivity contribution in [2.24, 2.45) is 0 Å². The smallest absolute Gasteiger partial charge is 0.272 e. The van der Waals surface area contributed by atoms with Crippen LogP contribution in [0.5, 0.6) is 0 Å². The van der Waals surface area contributed by atoms with Crippen molar-refractivity contribution >= 4 is 5.69 Å². The lowest BCUT2D eigenvalue weighted by Crippen LogP contribution is -2.11. The van der Waals surface area contributed by atoms with Gasteiger partial charge in [-0.3, -0.25) is 15.1 Å². The summed E-state index contributed by atoms with van der Waals surface area (Å²) >= 11 is 0. The van der Waals surface area contributed by atoms with Crippen LogP contribution in [0.3, 0.4) is 0 Å². The van der Waals surface area contributed by atoms with Crippen LogP contribution >= 0.6 is 0 Å². The van der Waals surface area contributed by atoms with Crippen LogP contribution in [0.1, 0.15) is 5.69 Å². The first-order chi connectivity index (χ1) is 6.09. The van der Waals surface area contributed by atoms with Gasteiger partial charge in [-0.15, -0.1) is 0 Å². The molecule has 0 unspecified atom stereocenters. The summed E-state index contributed by atoms with van der Waals surface area (Å²) in [5.41, 5.74) is 0.797. The summed E-state index contributed by atoms with van der Waals surface area (Å²) in [5, 5.41) is 10.4. The summed E-state index contributed by atoms with van der Waals surface area (Å²) in [6.07, 6.45) is 1.46. The van der Waals surface area contributed by atoms with Gasteiger partial charge in [0.2, 0.25) is 0 Å². The Morgan fingerprint density at radius 3 is 2.85 bits per heavy atom. The molecule has 1 aromatic heterocycles. The third-order valence-electron chi connectivity index (χ3n) is 1.49. The van der Waals surface area contributed by atoms with Gasteiger partial charge in [-0.05, 0) is 14.1 Å². The molecule has 5 nitrogen and oxygen atoms in total. The number of pyridine rings is 1. The van der Waals surface area contributed by atoms with E-state index >= 15 is 0 Å². The molecule has 1 rings (SSSR count). The number of hydrogen-bond acceptors (Lipinski definition) is 4. The van der Waals surface area contributed by atoms with Crippen molar-refractivity contribution in [1.29, 1.82) is 0 Å². The van der Waals surface area contributed by atoms with E-state index in [1.165, 1.54) is 18.3 Å². The molecular weight excluding hydrogens is 170 g/mol.